The van der Waals surface area contributed by atoms with Gasteiger partial charge in [-0.2, -0.15) is 0 Å². The average Bonchev–Trinajstić information content (AvgIpc) is 1.97. The highest BCUT2D eigenvalue weighted by Gasteiger charge is 2.01. The highest BCUT2D eigenvalue weighted by atomic mass is 35.5. The maximum atomic E-state index is 10.9. The average molecular weight is 178 g/mol. The van der Waals surface area contributed by atoms with E-state index in [0.29, 0.717) is 24.8 Å². The molecule has 0 aliphatic heterocycles. The molecule has 0 heterocycles. The van der Waals surface area contributed by atoms with Gasteiger partial charge in [0.2, 0.25) is 5.91 Å². The van der Waals surface area contributed by atoms with Crippen LogP contribution in [0.15, 0.2) is 0 Å². The Balaban J connectivity index is 3.23. The molecule has 0 unspecified atom stereocenters. The lowest BCUT2D eigenvalue weighted by atomic mass is 10.1. The third-order valence-corrected chi connectivity index (χ3v) is 1.55. The first-order valence-electron chi connectivity index (χ1n) is 3.99. The minimum atomic E-state index is 0.111. The Morgan fingerprint density at radius 2 is 2.18 bits per heavy atom. The van der Waals surface area contributed by atoms with Crippen LogP contribution in [0.25, 0.3) is 0 Å². The van der Waals surface area contributed by atoms with Gasteiger partial charge in [-0.3, -0.25) is 4.79 Å². The Morgan fingerprint density at radius 1 is 1.55 bits per heavy atom. The van der Waals surface area contributed by atoms with Crippen LogP contribution in [-0.2, 0) is 4.79 Å². The van der Waals surface area contributed by atoms with Crippen molar-refractivity contribution in [2.45, 2.75) is 26.7 Å². The number of carbonyl (C=O) groups excluding carboxylic acids is 1. The topological polar surface area (TPSA) is 29.1 Å². The molecule has 0 bridgehead atoms. The lowest BCUT2D eigenvalue weighted by Crippen LogP contribution is -2.25. The van der Waals surface area contributed by atoms with E-state index >= 15 is 0 Å². The number of rotatable bonds is 5. The molecule has 11 heavy (non-hydrogen) atoms. The van der Waals surface area contributed by atoms with E-state index in [2.05, 4.69) is 19.2 Å². The van der Waals surface area contributed by atoms with Gasteiger partial charge in [-0.05, 0) is 12.3 Å². The molecular formula is C8H16ClNO. The van der Waals surface area contributed by atoms with E-state index in [1.807, 2.05) is 0 Å². The zero-order chi connectivity index (χ0) is 8.69. The SMILES string of the molecule is CC(C)CCC(=O)NCCCl. The highest BCUT2D eigenvalue weighted by Crippen LogP contribution is 2.02. The van der Waals surface area contributed by atoms with Gasteiger partial charge in [0.15, 0.2) is 0 Å². The lowest BCUT2D eigenvalue weighted by molar-refractivity contribution is -0.121. The fourth-order valence-electron chi connectivity index (χ4n) is 0.695. The third kappa shape index (κ3) is 7.66. The molecular weight excluding hydrogens is 162 g/mol. The van der Waals surface area contributed by atoms with E-state index < -0.39 is 0 Å². The normalized spacial score (nSPS) is 10.2. The van der Waals surface area contributed by atoms with Crippen LogP contribution in [0.3, 0.4) is 0 Å². The fraction of sp³-hybridized carbons (Fsp3) is 0.875. The minimum absolute atomic E-state index is 0.111. The van der Waals surface area contributed by atoms with E-state index in [1.54, 1.807) is 0 Å². The van der Waals surface area contributed by atoms with Crippen molar-refractivity contribution in [2.24, 2.45) is 5.92 Å². The largest absolute Gasteiger partial charge is 0.355 e. The number of hydrogen-bond acceptors (Lipinski definition) is 1. The van der Waals surface area contributed by atoms with Gasteiger partial charge < -0.3 is 5.32 Å². The van der Waals surface area contributed by atoms with Crippen molar-refractivity contribution in [2.75, 3.05) is 12.4 Å². The molecule has 0 radical (unpaired) electrons. The Labute approximate surface area is 73.3 Å². The summed E-state index contributed by atoms with van der Waals surface area (Å²) >= 11 is 5.39. The van der Waals surface area contributed by atoms with Crippen LogP contribution in [0.4, 0.5) is 0 Å². The lowest BCUT2D eigenvalue weighted by Gasteiger charge is -2.04. The predicted molar refractivity (Wildman–Crippen MR) is 47.8 cm³/mol. The zero-order valence-electron chi connectivity index (χ0n) is 7.19. The first kappa shape index (κ1) is 10.8. The molecule has 0 aromatic rings. The van der Waals surface area contributed by atoms with E-state index in [-0.39, 0.29) is 5.91 Å². The number of nitrogens with one attached hydrogen (secondary N) is 1. The standard InChI is InChI=1S/C8H16ClNO/c1-7(2)3-4-8(11)10-6-5-9/h7H,3-6H2,1-2H3,(H,10,11). The summed E-state index contributed by atoms with van der Waals surface area (Å²) in [6.45, 7) is 4.79. The Hall–Kier alpha value is -0.240. The number of halogens is 1. The van der Waals surface area contributed by atoms with Crippen molar-refractivity contribution < 1.29 is 4.79 Å². The Morgan fingerprint density at radius 3 is 2.64 bits per heavy atom. The van der Waals surface area contributed by atoms with Gasteiger partial charge in [-0.1, -0.05) is 13.8 Å². The van der Waals surface area contributed by atoms with Crippen LogP contribution in [0.2, 0.25) is 0 Å². The summed E-state index contributed by atoms with van der Waals surface area (Å²) < 4.78 is 0. The van der Waals surface area contributed by atoms with Crippen LogP contribution >= 0.6 is 11.6 Å². The second-order valence-corrected chi connectivity index (χ2v) is 3.35. The molecule has 2 nitrogen and oxygen atoms in total. The van der Waals surface area contributed by atoms with Gasteiger partial charge in [0.25, 0.3) is 0 Å². The van der Waals surface area contributed by atoms with Gasteiger partial charge in [-0.25, -0.2) is 0 Å². The first-order valence-corrected chi connectivity index (χ1v) is 4.53. The molecule has 3 heteroatoms. The smallest absolute Gasteiger partial charge is 0.220 e. The van der Waals surface area contributed by atoms with Crippen molar-refractivity contribution in [1.82, 2.24) is 5.32 Å². The molecule has 0 fully saturated rings. The summed E-state index contributed by atoms with van der Waals surface area (Å²) in [5, 5.41) is 2.72. The van der Waals surface area contributed by atoms with Gasteiger partial charge in [0.05, 0.1) is 0 Å². The Bertz CT molecular complexity index is 115. The summed E-state index contributed by atoms with van der Waals surface area (Å²) in [7, 11) is 0. The number of hydrogen-bond donors (Lipinski definition) is 1. The zero-order valence-corrected chi connectivity index (χ0v) is 7.95. The van der Waals surface area contributed by atoms with Gasteiger partial charge >= 0.3 is 0 Å². The second kappa shape index (κ2) is 6.47. The van der Waals surface area contributed by atoms with E-state index in [1.165, 1.54) is 0 Å². The molecule has 0 aromatic carbocycles. The van der Waals surface area contributed by atoms with Crippen molar-refractivity contribution >= 4 is 17.5 Å². The summed E-state index contributed by atoms with van der Waals surface area (Å²) in [5.41, 5.74) is 0. The summed E-state index contributed by atoms with van der Waals surface area (Å²) in [4.78, 5) is 10.9. The quantitative estimate of drug-likeness (QED) is 0.638. The Kier molecular flexibility index (Phi) is 6.33. The molecule has 66 valence electrons. The van der Waals surface area contributed by atoms with Crippen molar-refractivity contribution in [3.05, 3.63) is 0 Å². The highest BCUT2D eigenvalue weighted by molar-refractivity contribution is 6.18. The maximum absolute atomic E-state index is 10.9. The minimum Gasteiger partial charge on any atom is -0.355 e. The molecule has 1 amide bonds. The van der Waals surface area contributed by atoms with Crippen molar-refractivity contribution in [3.8, 4) is 0 Å². The molecule has 0 saturated heterocycles. The summed E-state index contributed by atoms with van der Waals surface area (Å²) in [5.74, 6) is 1.20. The molecule has 1 N–H and O–H groups in total. The van der Waals surface area contributed by atoms with Crippen LogP contribution in [0.5, 0.6) is 0 Å². The van der Waals surface area contributed by atoms with E-state index in [0.717, 1.165) is 6.42 Å². The maximum Gasteiger partial charge on any atom is 0.220 e. The predicted octanol–water partition coefficient (Wildman–Crippen LogP) is 1.78. The molecule has 0 aliphatic carbocycles. The first-order chi connectivity index (χ1) is 5.16. The van der Waals surface area contributed by atoms with Crippen molar-refractivity contribution in [1.29, 1.82) is 0 Å². The molecule has 0 atom stereocenters. The van der Waals surface area contributed by atoms with Crippen LogP contribution in [-0.4, -0.2) is 18.3 Å². The molecule has 0 aliphatic rings. The summed E-state index contributed by atoms with van der Waals surface area (Å²) in [6, 6.07) is 0. The van der Waals surface area contributed by atoms with E-state index in [4.69, 9.17) is 11.6 Å². The van der Waals surface area contributed by atoms with Crippen molar-refractivity contribution in [3.63, 3.8) is 0 Å². The van der Waals surface area contributed by atoms with Gasteiger partial charge in [0, 0.05) is 18.8 Å². The monoisotopic (exact) mass is 177 g/mol. The number of carbonyl (C=O) groups is 1. The van der Waals surface area contributed by atoms with Crippen LogP contribution < -0.4 is 5.32 Å². The molecule has 0 spiro atoms. The molecule has 0 aromatic heterocycles. The van der Waals surface area contributed by atoms with E-state index in [9.17, 15) is 4.79 Å². The molecule has 0 rings (SSSR count). The third-order valence-electron chi connectivity index (χ3n) is 1.37. The summed E-state index contributed by atoms with van der Waals surface area (Å²) in [6.07, 6.45) is 1.57. The van der Waals surface area contributed by atoms with Crippen LogP contribution in [0, 0.1) is 5.92 Å². The number of amides is 1. The van der Waals surface area contributed by atoms with Gasteiger partial charge in [0.1, 0.15) is 0 Å². The number of alkyl halides is 1. The van der Waals surface area contributed by atoms with Crippen LogP contribution in [0.1, 0.15) is 26.7 Å². The van der Waals surface area contributed by atoms with Gasteiger partial charge in [-0.15, -0.1) is 11.6 Å². The molecule has 0 saturated carbocycles. The second-order valence-electron chi connectivity index (χ2n) is 2.97. The fourth-order valence-corrected chi connectivity index (χ4v) is 0.789.